The fourth-order valence-electron chi connectivity index (χ4n) is 4.13. The molecule has 1 aliphatic heterocycles. The maximum absolute atomic E-state index is 13.4. The molecule has 0 aliphatic carbocycles. The van der Waals surface area contributed by atoms with Crippen LogP contribution in [0.5, 0.6) is 0 Å². The average molecular weight is 424 g/mol. The molecule has 0 spiro atoms. The fourth-order valence-corrected chi connectivity index (χ4v) is 4.13. The first-order valence-corrected chi connectivity index (χ1v) is 10.8. The molecule has 6 nitrogen and oxygen atoms in total. The van der Waals surface area contributed by atoms with E-state index in [1.165, 1.54) is 0 Å². The van der Waals surface area contributed by atoms with Crippen molar-refractivity contribution in [2.24, 2.45) is 0 Å². The number of benzene rings is 2. The minimum absolute atomic E-state index is 0.000946. The van der Waals surface area contributed by atoms with E-state index in [0.717, 1.165) is 28.1 Å². The van der Waals surface area contributed by atoms with Gasteiger partial charge in [0, 0.05) is 6.20 Å². The van der Waals surface area contributed by atoms with Crippen molar-refractivity contribution in [2.45, 2.75) is 33.0 Å². The molecule has 0 unspecified atom stereocenters. The van der Waals surface area contributed by atoms with Crippen LogP contribution in [0.2, 0.25) is 0 Å². The average Bonchev–Trinajstić information content (AvgIpc) is 3.13. The third-order valence-electron chi connectivity index (χ3n) is 5.84. The Balaban J connectivity index is 1.60. The molecule has 6 heteroatoms. The van der Waals surface area contributed by atoms with Gasteiger partial charge in [-0.3, -0.25) is 9.48 Å². The van der Waals surface area contributed by atoms with Crippen LogP contribution in [0.15, 0.2) is 83.8 Å². The smallest absolute Gasteiger partial charge is 0.275 e. The van der Waals surface area contributed by atoms with Crippen molar-refractivity contribution >= 4 is 5.95 Å². The minimum Gasteiger partial charge on any atom is -0.348 e. The molecule has 5 rings (SSSR count). The van der Waals surface area contributed by atoms with Gasteiger partial charge in [0.1, 0.15) is 0 Å². The van der Waals surface area contributed by atoms with Gasteiger partial charge < -0.3 is 5.32 Å². The number of rotatable bonds is 5. The van der Waals surface area contributed by atoms with E-state index in [9.17, 15) is 4.79 Å². The standard InChI is InChI=1S/C26H25N5O/c1-18-10-12-21(13-11-18)23-24(30-16-6-7-17-31(30)25(23)32)22-14-15-27-26(29-22)28-19(2)20-8-4-3-5-9-20/h3-15,19H,16-17H2,1-2H3,(H,27,28,29)/t19-/m0/s1. The van der Waals surface area contributed by atoms with Gasteiger partial charge in [-0.25, -0.2) is 14.6 Å². The van der Waals surface area contributed by atoms with Crippen molar-refractivity contribution in [1.29, 1.82) is 0 Å². The van der Waals surface area contributed by atoms with Gasteiger partial charge >= 0.3 is 0 Å². The van der Waals surface area contributed by atoms with E-state index in [1.54, 1.807) is 10.9 Å². The van der Waals surface area contributed by atoms with Crippen LogP contribution in [0.1, 0.15) is 24.1 Å². The van der Waals surface area contributed by atoms with Crippen LogP contribution in [0.4, 0.5) is 5.95 Å². The Hall–Kier alpha value is -3.93. The zero-order valence-electron chi connectivity index (χ0n) is 18.2. The lowest BCUT2D eigenvalue weighted by Crippen LogP contribution is -2.25. The predicted molar refractivity (Wildman–Crippen MR) is 128 cm³/mol. The number of allylic oxidation sites excluding steroid dienone is 2. The lowest BCUT2D eigenvalue weighted by molar-refractivity contribution is 0.498. The highest BCUT2D eigenvalue weighted by molar-refractivity contribution is 5.79. The molecule has 1 N–H and O–H groups in total. The summed E-state index contributed by atoms with van der Waals surface area (Å²) >= 11 is 0. The Bertz CT molecular complexity index is 1330. The van der Waals surface area contributed by atoms with E-state index in [1.807, 2.05) is 66.2 Å². The highest BCUT2D eigenvalue weighted by Crippen LogP contribution is 2.31. The number of fused-ring (bicyclic) bond motifs is 1. The first-order chi connectivity index (χ1) is 15.6. The van der Waals surface area contributed by atoms with Gasteiger partial charge in [-0.2, -0.15) is 0 Å². The van der Waals surface area contributed by atoms with E-state index >= 15 is 0 Å². The molecule has 0 amide bonds. The molecule has 2 aromatic carbocycles. The molecule has 0 fully saturated rings. The van der Waals surface area contributed by atoms with E-state index < -0.39 is 0 Å². The topological polar surface area (TPSA) is 64.7 Å². The number of aromatic nitrogens is 4. The third-order valence-corrected chi connectivity index (χ3v) is 5.84. The Morgan fingerprint density at radius 3 is 2.41 bits per heavy atom. The molecule has 0 saturated carbocycles. The van der Waals surface area contributed by atoms with Gasteiger partial charge in [0.05, 0.1) is 36.1 Å². The monoisotopic (exact) mass is 423 g/mol. The Morgan fingerprint density at radius 2 is 1.66 bits per heavy atom. The molecule has 1 aliphatic rings. The number of anilines is 1. The highest BCUT2D eigenvalue weighted by Gasteiger charge is 2.24. The molecule has 1 atom stereocenters. The molecule has 3 heterocycles. The van der Waals surface area contributed by atoms with Crippen molar-refractivity contribution < 1.29 is 0 Å². The Labute approximate surface area is 186 Å². The van der Waals surface area contributed by atoms with E-state index in [-0.39, 0.29) is 11.6 Å². The summed E-state index contributed by atoms with van der Waals surface area (Å²) in [6.45, 7) is 5.31. The van der Waals surface area contributed by atoms with Crippen LogP contribution >= 0.6 is 0 Å². The largest absolute Gasteiger partial charge is 0.348 e. The first-order valence-electron chi connectivity index (χ1n) is 10.8. The predicted octanol–water partition coefficient (Wildman–Crippen LogP) is 4.83. The summed E-state index contributed by atoms with van der Waals surface area (Å²) in [4.78, 5) is 22.6. The number of nitrogens with zero attached hydrogens (tertiary/aromatic N) is 4. The molecular weight excluding hydrogens is 398 g/mol. The van der Waals surface area contributed by atoms with Crippen LogP contribution in [-0.4, -0.2) is 19.3 Å². The van der Waals surface area contributed by atoms with Crippen LogP contribution in [0.25, 0.3) is 22.5 Å². The fraction of sp³-hybridized carbons (Fsp3) is 0.192. The molecule has 0 radical (unpaired) electrons. The molecule has 2 aromatic heterocycles. The van der Waals surface area contributed by atoms with Crippen LogP contribution in [0.3, 0.4) is 0 Å². The second-order valence-corrected chi connectivity index (χ2v) is 8.07. The third kappa shape index (κ3) is 3.64. The first kappa shape index (κ1) is 20.0. The number of nitrogens with one attached hydrogen (secondary N) is 1. The molecule has 32 heavy (non-hydrogen) atoms. The maximum Gasteiger partial charge on any atom is 0.275 e. The van der Waals surface area contributed by atoms with Crippen LogP contribution in [0, 0.1) is 6.92 Å². The van der Waals surface area contributed by atoms with E-state index in [2.05, 4.69) is 35.4 Å². The summed E-state index contributed by atoms with van der Waals surface area (Å²) in [5.41, 5.74) is 5.43. The second kappa shape index (κ2) is 8.30. The van der Waals surface area contributed by atoms with Gasteiger partial charge in [-0.1, -0.05) is 72.3 Å². The SMILES string of the molecule is Cc1ccc(-c2c(-c3ccnc(N[C@@H](C)c4ccccc4)n3)n3n(c2=O)CC=CC3)cc1. The van der Waals surface area contributed by atoms with Crippen molar-refractivity contribution in [3.05, 3.63) is 100 Å². The summed E-state index contributed by atoms with van der Waals surface area (Å²) in [6, 6.07) is 20.2. The minimum atomic E-state index is -0.000946. The number of hydrogen-bond acceptors (Lipinski definition) is 4. The molecule has 0 bridgehead atoms. The molecule has 0 saturated heterocycles. The highest BCUT2D eigenvalue weighted by atomic mass is 16.1. The van der Waals surface area contributed by atoms with Gasteiger partial charge in [0.2, 0.25) is 5.95 Å². The van der Waals surface area contributed by atoms with Crippen molar-refractivity contribution in [2.75, 3.05) is 5.32 Å². The van der Waals surface area contributed by atoms with E-state index in [0.29, 0.717) is 24.6 Å². The van der Waals surface area contributed by atoms with Crippen molar-refractivity contribution in [1.82, 2.24) is 19.3 Å². The summed E-state index contributed by atoms with van der Waals surface area (Å²) < 4.78 is 3.80. The second-order valence-electron chi connectivity index (χ2n) is 8.07. The zero-order valence-corrected chi connectivity index (χ0v) is 18.2. The summed E-state index contributed by atoms with van der Waals surface area (Å²) in [7, 11) is 0. The summed E-state index contributed by atoms with van der Waals surface area (Å²) in [5, 5.41) is 3.39. The van der Waals surface area contributed by atoms with E-state index in [4.69, 9.17) is 4.98 Å². The van der Waals surface area contributed by atoms with Gasteiger partial charge in [0.25, 0.3) is 5.56 Å². The molecule has 160 valence electrons. The Kier molecular flexibility index (Phi) is 5.19. The number of aryl methyl sites for hydroxylation is 1. The van der Waals surface area contributed by atoms with Crippen molar-refractivity contribution in [3.63, 3.8) is 0 Å². The lowest BCUT2D eigenvalue weighted by atomic mass is 10.0. The zero-order chi connectivity index (χ0) is 22.1. The van der Waals surface area contributed by atoms with Crippen LogP contribution < -0.4 is 10.9 Å². The quantitative estimate of drug-likeness (QED) is 0.467. The van der Waals surface area contributed by atoms with Crippen molar-refractivity contribution in [3.8, 4) is 22.5 Å². The maximum atomic E-state index is 13.4. The van der Waals surface area contributed by atoms with Gasteiger partial charge in [-0.05, 0) is 31.0 Å². The van der Waals surface area contributed by atoms with Gasteiger partial charge in [-0.15, -0.1) is 0 Å². The lowest BCUT2D eigenvalue weighted by Gasteiger charge is -2.17. The molecule has 4 aromatic rings. The van der Waals surface area contributed by atoms with Gasteiger partial charge in [0.15, 0.2) is 0 Å². The summed E-state index contributed by atoms with van der Waals surface area (Å²) in [6.07, 6.45) is 5.85. The summed E-state index contributed by atoms with van der Waals surface area (Å²) in [5.74, 6) is 0.535. The molecular formula is C26H25N5O. The number of hydrogen-bond donors (Lipinski definition) is 1. The van der Waals surface area contributed by atoms with Crippen LogP contribution in [-0.2, 0) is 13.1 Å². The normalized spacial score (nSPS) is 13.6. The Morgan fingerprint density at radius 1 is 0.938 bits per heavy atom.